The molecule has 0 spiro atoms. The molecular weight excluding hydrogens is 319 g/mol. The molecule has 20 heavy (non-hydrogen) atoms. The van der Waals surface area contributed by atoms with E-state index in [-0.39, 0.29) is 27.2 Å². The topological polar surface area (TPSA) is 72.7 Å². The zero-order valence-corrected chi connectivity index (χ0v) is 11.7. The number of aryl methyl sites for hydroxylation is 2. The van der Waals surface area contributed by atoms with Gasteiger partial charge in [-0.15, -0.1) is 10.2 Å². The number of hydrogen-bond donors (Lipinski definition) is 1. The smallest absolute Gasteiger partial charge is 0.295 e. The van der Waals surface area contributed by atoms with E-state index in [2.05, 4.69) is 20.6 Å². The maximum absolute atomic E-state index is 12.4. The maximum atomic E-state index is 12.4. The van der Waals surface area contributed by atoms with Gasteiger partial charge >= 0.3 is 6.18 Å². The standard InChI is InChI=1S/C9H7ClF3N5OS/c1-3-4(10)5(18(2)17-3)6(19)14-8-16-15-7(20-8)9(11,12)13/h1-2H3,(H,14,16,19). The number of carbonyl (C=O) groups is 1. The Labute approximate surface area is 119 Å². The molecule has 0 saturated carbocycles. The first kappa shape index (κ1) is 14.7. The highest BCUT2D eigenvalue weighted by atomic mass is 35.5. The Balaban J connectivity index is 2.22. The molecule has 1 amide bonds. The molecular formula is C9H7ClF3N5OS. The lowest BCUT2D eigenvalue weighted by Crippen LogP contribution is -2.16. The second-order valence-corrected chi connectivity index (χ2v) is 5.09. The van der Waals surface area contributed by atoms with Crippen LogP contribution in [0.25, 0.3) is 0 Å². The zero-order chi connectivity index (χ0) is 15.1. The van der Waals surface area contributed by atoms with Gasteiger partial charge in [-0.3, -0.25) is 14.8 Å². The van der Waals surface area contributed by atoms with E-state index in [1.165, 1.54) is 11.7 Å². The lowest BCUT2D eigenvalue weighted by atomic mass is 10.3. The lowest BCUT2D eigenvalue weighted by molar-refractivity contribution is -0.138. The molecule has 6 nitrogen and oxygen atoms in total. The third kappa shape index (κ3) is 2.75. The average Bonchev–Trinajstić information content (AvgIpc) is 2.85. The first-order valence-corrected chi connectivity index (χ1v) is 6.30. The van der Waals surface area contributed by atoms with Crippen molar-refractivity contribution in [2.24, 2.45) is 7.05 Å². The molecule has 0 radical (unpaired) electrons. The van der Waals surface area contributed by atoms with E-state index >= 15 is 0 Å². The van der Waals surface area contributed by atoms with Gasteiger partial charge in [0.2, 0.25) is 10.1 Å². The van der Waals surface area contributed by atoms with Crippen molar-refractivity contribution in [2.75, 3.05) is 5.32 Å². The second kappa shape index (κ2) is 5.02. The van der Waals surface area contributed by atoms with Gasteiger partial charge in [0.25, 0.3) is 5.91 Å². The van der Waals surface area contributed by atoms with Gasteiger partial charge in [-0.2, -0.15) is 18.3 Å². The Bertz CT molecular complexity index is 665. The first-order valence-electron chi connectivity index (χ1n) is 5.11. The molecule has 2 aromatic rings. The van der Waals surface area contributed by atoms with E-state index in [9.17, 15) is 18.0 Å². The average molecular weight is 326 g/mol. The van der Waals surface area contributed by atoms with Crippen molar-refractivity contribution in [3.05, 3.63) is 21.4 Å². The highest BCUT2D eigenvalue weighted by Crippen LogP contribution is 2.33. The minimum absolute atomic E-state index is 0.0351. The summed E-state index contributed by atoms with van der Waals surface area (Å²) in [5.74, 6) is -0.706. The number of carbonyl (C=O) groups excluding carboxylic acids is 1. The summed E-state index contributed by atoms with van der Waals surface area (Å²) in [5, 5.41) is 11.1. The van der Waals surface area contributed by atoms with Gasteiger partial charge in [-0.25, -0.2) is 0 Å². The molecule has 2 heterocycles. The summed E-state index contributed by atoms with van der Waals surface area (Å²) in [6, 6.07) is 0. The molecule has 0 fully saturated rings. The molecule has 0 bridgehead atoms. The fourth-order valence-corrected chi connectivity index (χ4v) is 2.28. The summed E-state index contributed by atoms with van der Waals surface area (Å²) in [5.41, 5.74) is 0.473. The Morgan fingerprint density at radius 2 is 2.05 bits per heavy atom. The molecule has 0 aromatic carbocycles. The third-order valence-corrected chi connectivity index (χ3v) is 3.59. The van der Waals surface area contributed by atoms with E-state index in [1.807, 2.05) is 0 Å². The number of aromatic nitrogens is 4. The Morgan fingerprint density at radius 1 is 1.40 bits per heavy atom. The predicted octanol–water partition coefficient (Wildman–Crippen LogP) is 2.50. The quantitative estimate of drug-likeness (QED) is 0.920. The van der Waals surface area contributed by atoms with Crippen molar-refractivity contribution < 1.29 is 18.0 Å². The van der Waals surface area contributed by atoms with Crippen molar-refractivity contribution in [1.82, 2.24) is 20.0 Å². The number of amides is 1. The normalized spacial score (nSPS) is 11.7. The van der Waals surface area contributed by atoms with Crippen molar-refractivity contribution in [3.8, 4) is 0 Å². The fraction of sp³-hybridized carbons (Fsp3) is 0.333. The SMILES string of the molecule is Cc1nn(C)c(C(=O)Nc2nnc(C(F)(F)F)s2)c1Cl. The van der Waals surface area contributed by atoms with E-state index in [1.54, 1.807) is 6.92 Å². The number of hydrogen-bond acceptors (Lipinski definition) is 5. The van der Waals surface area contributed by atoms with Crippen LogP contribution in [0, 0.1) is 6.92 Å². The van der Waals surface area contributed by atoms with Crippen LogP contribution in [-0.4, -0.2) is 25.9 Å². The van der Waals surface area contributed by atoms with Gasteiger partial charge in [-0.1, -0.05) is 22.9 Å². The van der Waals surface area contributed by atoms with Crippen molar-refractivity contribution in [1.29, 1.82) is 0 Å². The summed E-state index contributed by atoms with van der Waals surface area (Å²) in [7, 11) is 1.50. The number of anilines is 1. The Morgan fingerprint density at radius 3 is 2.50 bits per heavy atom. The summed E-state index contributed by atoms with van der Waals surface area (Å²) in [6.07, 6.45) is -4.60. The van der Waals surface area contributed by atoms with E-state index < -0.39 is 17.1 Å². The predicted molar refractivity (Wildman–Crippen MR) is 65.8 cm³/mol. The van der Waals surface area contributed by atoms with Crippen LogP contribution in [0.5, 0.6) is 0 Å². The molecule has 108 valence electrons. The highest BCUT2D eigenvalue weighted by molar-refractivity contribution is 7.15. The Kier molecular flexibility index (Phi) is 3.69. The van der Waals surface area contributed by atoms with Gasteiger partial charge < -0.3 is 0 Å². The number of nitrogens with one attached hydrogen (secondary N) is 1. The molecule has 0 saturated heterocycles. The minimum Gasteiger partial charge on any atom is -0.295 e. The van der Waals surface area contributed by atoms with E-state index in [0.717, 1.165) is 0 Å². The summed E-state index contributed by atoms with van der Waals surface area (Å²) in [4.78, 5) is 11.9. The molecule has 1 N–H and O–H groups in total. The van der Waals surface area contributed by atoms with Crippen molar-refractivity contribution >= 4 is 34.0 Å². The molecule has 2 aromatic heterocycles. The highest BCUT2D eigenvalue weighted by Gasteiger charge is 2.36. The van der Waals surface area contributed by atoms with Gasteiger partial charge in [0.05, 0.1) is 10.7 Å². The lowest BCUT2D eigenvalue weighted by Gasteiger charge is -2.02. The van der Waals surface area contributed by atoms with Gasteiger partial charge in [0.1, 0.15) is 5.69 Å². The van der Waals surface area contributed by atoms with Gasteiger partial charge in [-0.05, 0) is 6.92 Å². The van der Waals surface area contributed by atoms with Crippen LogP contribution in [0.4, 0.5) is 18.3 Å². The number of rotatable bonds is 2. The third-order valence-electron chi connectivity index (χ3n) is 2.25. The zero-order valence-electron chi connectivity index (χ0n) is 10.1. The number of alkyl halides is 3. The van der Waals surface area contributed by atoms with E-state index in [4.69, 9.17) is 11.6 Å². The summed E-state index contributed by atoms with van der Waals surface area (Å²) in [6.45, 7) is 1.60. The monoisotopic (exact) mass is 325 g/mol. The van der Waals surface area contributed by atoms with E-state index in [0.29, 0.717) is 5.69 Å². The fourth-order valence-electron chi connectivity index (χ4n) is 1.42. The molecule has 0 atom stereocenters. The van der Waals surface area contributed by atoms with Crippen LogP contribution in [0.15, 0.2) is 0 Å². The molecule has 0 aliphatic heterocycles. The maximum Gasteiger partial charge on any atom is 0.445 e. The minimum atomic E-state index is -4.60. The first-order chi connectivity index (χ1) is 9.20. The van der Waals surface area contributed by atoms with Crippen LogP contribution in [-0.2, 0) is 13.2 Å². The van der Waals surface area contributed by atoms with Crippen LogP contribution < -0.4 is 5.32 Å². The van der Waals surface area contributed by atoms with Gasteiger partial charge in [0, 0.05) is 7.05 Å². The van der Waals surface area contributed by atoms with Crippen LogP contribution in [0.2, 0.25) is 5.02 Å². The largest absolute Gasteiger partial charge is 0.445 e. The molecule has 0 aliphatic carbocycles. The summed E-state index contributed by atoms with van der Waals surface area (Å²) < 4.78 is 38.3. The molecule has 0 aliphatic rings. The Hall–Kier alpha value is -1.68. The second-order valence-electron chi connectivity index (χ2n) is 3.74. The molecule has 11 heteroatoms. The number of halogens is 4. The van der Waals surface area contributed by atoms with Crippen LogP contribution >= 0.6 is 22.9 Å². The number of nitrogens with zero attached hydrogens (tertiary/aromatic N) is 4. The van der Waals surface area contributed by atoms with Gasteiger partial charge in [0.15, 0.2) is 0 Å². The molecule has 0 unspecified atom stereocenters. The van der Waals surface area contributed by atoms with Crippen molar-refractivity contribution in [2.45, 2.75) is 13.1 Å². The van der Waals surface area contributed by atoms with Crippen LogP contribution in [0.1, 0.15) is 21.2 Å². The molecule has 2 rings (SSSR count). The summed E-state index contributed by atoms with van der Waals surface area (Å²) >= 11 is 6.13. The van der Waals surface area contributed by atoms with Crippen LogP contribution in [0.3, 0.4) is 0 Å². The van der Waals surface area contributed by atoms with Crippen molar-refractivity contribution in [3.63, 3.8) is 0 Å².